The van der Waals surface area contributed by atoms with Crippen molar-refractivity contribution in [3.8, 4) is 0 Å². The van der Waals surface area contributed by atoms with E-state index in [0.717, 1.165) is 44.9 Å². The van der Waals surface area contributed by atoms with Gasteiger partial charge in [-0.3, -0.25) is 4.79 Å². The molecule has 0 radical (unpaired) electrons. The van der Waals surface area contributed by atoms with Crippen LogP contribution >= 0.6 is 0 Å². The van der Waals surface area contributed by atoms with Crippen LogP contribution in [0.25, 0.3) is 0 Å². The van der Waals surface area contributed by atoms with Crippen LogP contribution in [0.5, 0.6) is 0 Å². The minimum absolute atomic E-state index is 0.0117. The van der Waals surface area contributed by atoms with Gasteiger partial charge in [-0.25, -0.2) is 0 Å². The van der Waals surface area contributed by atoms with Crippen molar-refractivity contribution in [3.05, 3.63) is 0 Å². The van der Waals surface area contributed by atoms with Gasteiger partial charge in [-0.1, -0.05) is 34.6 Å². The van der Waals surface area contributed by atoms with Crippen molar-refractivity contribution in [3.63, 3.8) is 0 Å². The predicted octanol–water partition coefficient (Wildman–Crippen LogP) is 2.01. The van der Waals surface area contributed by atoms with Crippen LogP contribution in [0.15, 0.2) is 0 Å². The van der Waals surface area contributed by atoms with Crippen LogP contribution in [-0.4, -0.2) is 136 Å². The lowest BCUT2D eigenvalue weighted by atomic mass is 9.41. The smallest absolute Gasteiger partial charge is 0.302 e. The Kier molecular flexibility index (Phi) is 10.4. The number of aliphatic hydroxyl groups excluding tert-OH is 6. The highest BCUT2D eigenvalue weighted by molar-refractivity contribution is 5.66. The van der Waals surface area contributed by atoms with Crippen LogP contribution in [0.3, 0.4) is 0 Å². The summed E-state index contributed by atoms with van der Waals surface area (Å²) >= 11 is 0. The third-order valence-electron chi connectivity index (χ3n) is 17.1. The van der Waals surface area contributed by atoms with Gasteiger partial charge in [0.25, 0.3) is 0 Å². The van der Waals surface area contributed by atoms with Gasteiger partial charge in [-0.2, -0.15) is 0 Å². The van der Waals surface area contributed by atoms with E-state index >= 15 is 0 Å². The molecule has 3 aliphatic heterocycles. The maximum Gasteiger partial charge on any atom is 0.302 e. The molecule has 14 heteroatoms. The van der Waals surface area contributed by atoms with E-state index in [0.29, 0.717) is 30.8 Å². The molecule has 5 aliphatic carbocycles. The molecule has 2 spiro atoms. The highest BCUT2D eigenvalue weighted by atomic mass is 16.8. The molecule has 0 unspecified atom stereocenters. The van der Waals surface area contributed by atoms with Crippen LogP contribution in [0, 0.1) is 50.7 Å². The van der Waals surface area contributed by atoms with Crippen LogP contribution in [0.4, 0.5) is 0 Å². The molecule has 14 nitrogen and oxygen atoms in total. The number of carbonyl (C=O) groups excluding carboxylic acids is 1. The van der Waals surface area contributed by atoms with Crippen LogP contribution < -0.4 is 0 Å². The highest BCUT2D eigenvalue weighted by Crippen LogP contribution is 2.89. The number of rotatable bonds is 8. The summed E-state index contributed by atoms with van der Waals surface area (Å²) in [5.41, 5.74) is -0.401. The largest absolute Gasteiger partial charge is 0.462 e. The van der Waals surface area contributed by atoms with Crippen molar-refractivity contribution in [2.45, 2.75) is 180 Å². The van der Waals surface area contributed by atoms with E-state index in [1.807, 2.05) is 6.92 Å². The molecule has 0 aromatic rings. The Morgan fingerprint density at radius 2 is 1.60 bits per heavy atom. The molecular formula is C41H66O14. The van der Waals surface area contributed by atoms with E-state index in [1.54, 1.807) is 0 Å². The first kappa shape index (κ1) is 40.8. The Morgan fingerprint density at radius 1 is 0.855 bits per heavy atom. The summed E-state index contributed by atoms with van der Waals surface area (Å²) in [7, 11) is 0. The van der Waals surface area contributed by atoms with Crippen molar-refractivity contribution >= 4 is 5.97 Å². The van der Waals surface area contributed by atoms with Gasteiger partial charge >= 0.3 is 5.97 Å². The predicted molar refractivity (Wildman–Crippen MR) is 193 cm³/mol. The molecule has 5 saturated carbocycles. The monoisotopic (exact) mass is 782 g/mol. The van der Waals surface area contributed by atoms with Gasteiger partial charge in [0.2, 0.25) is 0 Å². The van der Waals surface area contributed by atoms with E-state index < -0.39 is 73.4 Å². The Bertz CT molecular complexity index is 1450. The van der Waals surface area contributed by atoms with E-state index in [2.05, 4.69) is 34.6 Å². The summed E-state index contributed by atoms with van der Waals surface area (Å²) in [5, 5.41) is 62.9. The van der Waals surface area contributed by atoms with Crippen LogP contribution in [0.1, 0.15) is 99.8 Å². The zero-order valence-corrected chi connectivity index (χ0v) is 33.5. The lowest BCUT2D eigenvalue weighted by Crippen LogP contribution is -2.64. The molecule has 0 aromatic carbocycles. The first-order valence-corrected chi connectivity index (χ1v) is 20.9. The van der Waals surface area contributed by atoms with E-state index in [1.165, 1.54) is 6.92 Å². The molecule has 55 heavy (non-hydrogen) atoms. The molecule has 0 bridgehead atoms. The Balaban J connectivity index is 1.06. The molecule has 3 heterocycles. The van der Waals surface area contributed by atoms with Gasteiger partial charge in [0, 0.05) is 25.9 Å². The molecule has 8 aliphatic rings. The molecule has 0 aromatic heterocycles. The quantitative estimate of drug-likeness (QED) is 0.154. The van der Waals surface area contributed by atoms with Gasteiger partial charge in [-0.15, -0.1) is 0 Å². The Morgan fingerprint density at radius 3 is 2.29 bits per heavy atom. The number of hydrogen-bond acceptors (Lipinski definition) is 14. The maximum absolute atomic E-state index is 12.9. The van der Waals surface area contributed by atoms with Gasteiger partial charge in [0.05, 0.1) is 25.4 Å². The lowest BCUT2D eigenvalue weighted by molar-refractivity contribution is -0.366. The molecule has 8 rings (SSSR count). The molecular weight excluding hydrogens is 716 g/mol. The molecule has 314 valence electrons. The summed E-state index contributed by atoms with van der Waals surface area (Å²) in [5.74, 6) is 0.959. The Labute approximate surface area is 324 Å². The summed E-state index contributed by atoms with van der Waals surface area (Å²) < 4.78 is 43.5. The minimum Gasteiger partial charge on any atom is -0.462 e. The average Bonchev–Trinajstić information content (AvgIpc) is 3.70. The number of hydrogen-bond donors (Lipinski definition) is 6. The first-order chi connectivity index (χ1) is 25.9. The van der Waals surface area contributed by atoms with Crippen molar-refractivity contribution in [1.29, 1.82) is 0 Å². The summed E-state index contributed by atoms with van der Waals surface area (Å²) in [6.45, 7) is 15.0. The second kappa shape index (κ2) is 14.0. The fourth-order valence-electron chi connectivity index (χ4n) is 14.6. The van der Waals surface area contributed by atoms with Crippen LogP contribution in [-0.2, 0) is 38.0 Å². The third kappa shape index (κ3) is 5.89. The molecule has 6 N–H and O–H groups in total. The zero-order valence-electron chi connectivity index (χ0n) is 33.5. The molecule has 8 fully saturated rings. The summed E-state index contributed by atoms with van der Waals surface area (Å²) in [6, 6.07) is 0. The zero-order chi connectivity index (χ0) is 39.6. The van der Waals surface area contributed by atoms with E-state index in [9.17, 15) is 35.4 Å². The topological polar surface area (TPSA) is 203 Å². The van der Waals surface area contributed by atoms with Crippen molar-refractivity contribution in [1.82, 2.24) is 0 Å². The van der Waals surface area contributed by atoms with Gasteiger partial charge in [0.15, 0.2) is 18.9 Å². The van der Waals surface area contributed by atoms with E-state index in [-0.39, 0.29) is 58.7 Å². The summed E-state index contributed by atoms with van der Waals surface area (Å²) in [6.07, 6.45) is -6.41. The fraction of sp³-hybridized carbons (Fsp3) is 0.976. The van der Waals surface area contributed by atoms with Crippen LogP contribution in [0.2, 0.25) is 0 Å². The average molecular weight is 783 g/mol. The number of ether oxygens (including phenoxy) is 7. The molecule has 3 saturated heterocycles. The van der Waals surface area contributed by atoms with Crippen molar-refractivity contribution in [2.75, 3.05) is 19.8 Å². The maximum atomic E-state index is 12.9. The molecule has 0 amide bonds. The van der Waals surface area contributed by atoms with Crippen molar-refractivity contribution < 1.29 is 68.6 Å². The van der Waals surface area contributed by atoms with Gasteiger partial charge in [-0.05, 0) is 96.7 Å². The summed E-state index contributed by atoms with van der Waals surface area (Å²) in [4.78, 5) is 12.9. The number of carbonyl (C=O) groups is 1. The first-order valence-electron chi connectivity index (χ1n) is 20.9. The fourth-order valence-corrected chi connectivity index (χ4v) is 14.6. The van der Waals surface area contributed by atoms with Crippen molar-refractivity contribution in [2.24, 2.45) is 50.7 Å². The normalized spacial score (nSPS) is 56.6. The SMILES string of the molecule is CCO[C@H]1C[C@@H](C)[C@H]2[C@H](C[C@@]3(C)[C@@H]4C[C@H](OC(C)=O)[C@H]5C(C)(C)[C@@H](O[C@@H]6OC[C@@H](O)[C@H](O)[C@H]6O[C@@H]6O[C@H](CO)[C@@H](O)[C@H](O)[C@H]6O)CC[C@@]56C[C@@]46CC[C@]23C)O1. The van der Waals surface area contributed by atoms with Gasteiger partial charge < -0.3 is 63.8 Å². The number of aliphatic hydroxyl groups is 6. The second-order valence-corrected chi connectivity index (χ2v) is 19.8. The standard InChI is InChI=1S/C41H66O14/c1-8-49-27-13-19(2)28-23(52-27)15-39(7)25-14-22(51-20(3)43)34-37(4,5)26(9-10-41(34)18-40(25,41)12-11-38(28,39)6)54-36-33(29(45)21(44)17-50-36)55-35-32(48)31(47)30(46)24(16-42)53-35/h19,21-36,42,44-48H,8-18H2,1-7H3/t19-,21-,22+,23+,24-,25+,26+,27-,28+,29+,30-,31+,32-,33-,34+,35+,36+,38-,39+,40+,41-/m1/s1. The number of esters is 1. The molecule has 21 atom stereocenters. The Hall–Kier alpha value is -1.01. The lowest BCUT2D eigenvalue weighted by Gasteiger charge is -2.64. The minimum atomic E-state index is -1.72. The van der Waals surface area contributed by atoms with E-state index in [4.69, 9.17) is 33.2 Å². The number of fused-ring (bicyclic) bond motifs is 4. The highest BCUT2D eigenvalue weighted by Gasteiger charge is 2.85. The third-order valence-corrected chi connectivity index (χ3v) is 17.1. The second-order valence-electron chi connectivity index (χ2n) is 19.8. The van der Waals surface area contributed by atoms with Gasteiger partial charge in [0.1, 0.15) is 48.8 Å².